The minimum atomic E-state index is -3.34. The van der Waals surface area contributed by atoms with Gasteiger partial charge >= 0.3 is 0 Å². The fourth-order valence-electron chi connectivity index (χ4n) is 2.36. The van der Waals surface area contributed by atoms with Crippen molar-refractivity contribution in [1.82, 2.24) is 4.72 Å². The Morgan fingerprint density at radius 2 is 1.79 bits per heavy atom. The lowest BCUT2D eigenvalue weighted by Gasteiger charge is -2.14. The second-order valence-corrected chi connectivity index (χ2v) is 6.81. The van der Waals surface area contributed by atoms with Crippen LogP contribution in [-0.4, -0.2) is 21.0 Å². The first-order chi connectivity index (χ1) is 9.12. The predicted octanol–water partition coefficient (Wildman–Crippen LogP) is 2.73. The number of benzene rings is 1. The molecule has 1 aromatic rings. The lowest BCUT2D eigenvalue weighted by Crippen LogP contribution is -2.24. The van der Waals surface area contributed by atoms with Gasteiger partial charge in [-0.25, -0.2) is 13.1 Å². The number of hydrogen-bond acceptors (Lipinski definition) is 3. The summed E-state index contributed by atoms with van der Waals surface area (Å²) in [5.74, 6) is 0. The topological polar surface area (TPSA) is 58.2 Å². The second kappa shape index (κ2) is 6.39. The predicted molar refractivity (Wildman–Crippen MR) is 77.8 cm³/mol. The van der Waals surface area contributed by atoms with Gasteiger partial charge in [-0.15, -0.1) is 0 Å². The van der Waals surface area contributed by atoms with E-state index >= 15 is 0 Å². The minimum absolute atomic E-state index is 0.331. The van der Waals surface area contributed by atoms with Crippen LogP contribution < -0.4 is 10.0 Å². The summed E-state index contributed by atoms with van der Waals surface area (Å²) in [6.07, 6.45) is 5.77. The van der Waals surface area contributed by atoms with Crippen LogP contribution in [0, 0.1) is 0 Å². The second-order valence-electron chi connectivity index (χ2n) is 5.05. The first-order valence-electron chi connectivity index (χ1n) is 6.98. The lowest BCUT2D eigenvalue weighted by atomic mass is 10.2. The molecule has 0 aromatic heterocycles. The van der Waals surface area contributed by atoms with E-state index in [1.807, 2.05) is 19.1 Å². The molecule has 1 aliphatic rings. The summed E-state index contributed by atoms with van der Waals surface area (Å²) in [7, 11) is -3.34. The van der Waals surface area contributed by atoms with E-state index in [1.165, 1.54) is 25.7 Å². The molecule has 0 radical (unpaired) electrons. The molecule has 0 unspecified atom stereocenters. The Hall–Kier alpha value is -1.07. The van der Waals surface area contributed by atoms with Crippen LogP contribution in [0.2, 0.25) is 0 Å². The van der Waals surface area contributed by atoms with Gasteiger partial charge in [-0.1, -0.05) is 19.8 Å². The molecule has 19 heavy (non-hydrogen) atoms. The molecule has 1 saturated carbocycles. The Morgan fingerprint density at radius 3 is 2.37 bits per heavy atom. The molecule has 1 aromatic carbocycles. The van der Waals surface area contributed by atoms with Crippen LogP contribution in [0.25, 0.3) is 0 Å². The largest absolute Gasteiger partial charge is 0.382 e. The fraction of sp³-hybridized carbons (Fsp3) is 0.571. The van der Waals surface area contributed by atoms with Gasteiger partial charge in [0.25, 0.3) is 0 Å². The Labute approximate surface area is 115 Å². The van der Waals surface area contributed by atoms with Gasteiger partial charge in [-0.05, 0) is 43.5 Å². The summed E-state index contributed by atoms with van der Waals surface area (Å²) in [4.78, 5) is 0.331. The molecule has 0 amide bonds. The number of anilines is 1. The lowest BCUT2D eigenvalue weighted by molar-refractivity contribution is 0.581. The third-order valence-corrected chi connectivity index (χ3v) is 4.91. The van der Waals surface area contributed by atoms with Crippen LogP contribution in [0.3, 0.4) is 0 Å². The van der Waals surface area contributed by atoms with Gasteiger partial charge in [0.15, 0.2) is 0 Å². The molecule has 2 rings (SSSR count). The van der Waals surface area contributed by atoms with E-state index in [9.17, 15) is 8.42 Å². The average Bonchev–Trinajstić information content (AvgIpc) is 2.90. The van der Waals surface area contributed by atoms with Crippen LogP contribution in [0.15, 0.2) is 29.2 Å². The van der Waals surface area contributed by atoms with E-state index in [1.54, 1.807) is 12.1 Å². The van der Waals surface area contributed by atoms with E-state index < -0.39 is 10.0 Å². The van der Waals surface area contributed by atoms with Crippen molar-refractivity contribution in [3.8, 4) is 0 Å². The van der Waals surface area contributed by atoms with E-state index in [2.05, 4.69) is 10.0 Å². The highest BCUT2D eigenvalue weighted by atomic mass is 32.2. The van der Waals surface area contributed by atoms with Crippen molar-refractivity contribution < 1.29 is 8.42 Å². The monoisotopic (exact) mass is 282 g/mol. The smallest absolute Gasteiger partial charge is 0.240 e. The normalized spacial score (nSPS) is 16.7. The maximum atomic E-state index is 11.9. The van der Waals surface area contributed by atoms with E-state index in [-0.39, 0.29) is 0 Å². The van der Waals surface area contributed by atoms with E-state index in [4.69, 9.17) is 0 Å². The zero-order valence-corrected chi connectivity index (χ0v) is 12.2. The standard InChI is InChI=1S/C14H22N2O2S/c1-2-11-15-19(17,18)14-9-7-13(8-10-14)16-12-5-3-4-6-12/h7-10,12,15-16H,2-6,11H2,1H3. The van der Waals surface area contributed by atoms with Gasteiger partial charge in [0.2, 0.25) is 10.0 Å². The van der Waals surface area contributed by atoms with Crippen LogP contribution in [0.4, 0.5) is 5.69 Å². The molecule has 4 nitrogen and oxygen atoms in total. The van der Waals surface area contributed by atoms with Crippen molar-refractivity contribution >= 4 is 15.7 Å². The minimum Gasteiger partial charge on any atom is -0.382 e. The van der Waals surface area contributed by atoms with Gasteiger partial charge in [-0.2, -0.15) is 0 Å². The number of sulfonamides is 1. The fourth-order valence-corrected chi connectivity index (χ4v) is 3.49. The number of hydrogen-bond donors (Lipinski definition) is 2. The van der Waals surface area contributed by atoms with Crippen molar-refractivity contribution in [1.29, 1.82) is 0 Å². The maximum absolute atomic E-state index is 11.9. The van der Waals surface area contributed by atoms with Crippen molar-refractivity contribution in [3.63, 3.8) is 0 Å². The van der Waals surface area contributed by atoms with Crippen molar-refractivity contribution in [2.24, 2.45) is 0 Å². The Balaban J connectivity index is 2.01. The van der Waals surface area contributed by atoms with Gasteiger partial charge < -0.3 is 5.32 Å². The molecule has 0 heterocycles. The zero-order chi connectivity index (χ0) is 13.7. The summed E-state index contributed by atoms with van der Waals surface area (Å²) in [5.41, 5.74) is 1.00. The molecule has 0 spiro atoms. The summed E-state index contributed by atoms with van der Waals surface area (Å²) in [6.45, 7) is 2.42. The third-order valence-electron chi connectivity index (χ3n) is 3.43. The van der Waals surface area contributed by atoms with Gasteiger partial charge in [0.1, 0.15) is 0 Å². The Bertz CT molecular complexity index is 491. The number of rotatable bonds is 6. The molecule has 0 atom stereocenters. The molecule has 0 bridgehead atoms. The summed E-state index contributed by atoms with van der Waals surface area (Å²) < 4.78 is 26.4. The molecule has 106 valence electrons. The molecule has 0 saturated heterocycles. The SMILES string of the molecule is CCCNS(=O)(=O)c1ccc(NC2CCCC2)cc1. The van der Waals surface area contributed by atoms with Crippen molar-refractivity contribution in [3.05, 3.63) is 24.3 Å². The molecule has 0 aliphatic heterocycles. The highest BCUT2D eigenvalue weighted by molar-refractivity contribution is 7.89. The Morgan fingerprint density at radius 1 is 1.16 bits per heavy atom. The summed E-state index contributed by atoms with van der Waals surface area (Å²) in [5, 5.41) is 3.45. The molecular formula is C14H22N2O2S. The molecular weight excluding hydrogens is 260 g/mol. The molecule has 1 fully saturated rings. The van der Waals surface area contributed by atoms with Gasteiger partial charge in [0, 0.05) is 18.3 Å². The van der Waals surface area contributed by atoms with Crippen LogP contribution >= 0.6 is 0 Å². The van der Waals surface area contributed by atoms with E-state index in [0.717, 1.165) is 12.1 Å². The van der Waals surface area contributed by atoms with Crippen molar-refractivity contribution in [2.75, 3.05) is 11.9 Å². The van der Waals surface area contributed by atoms with Crippen LogP contribution in [-0.2, 0) is 10.0 Å². The van der Waals surface area contributed by atoms with E-state index in [0.29, 0.717) is 17.5 Å². The van der Waals surface area contributed by atoms with Crippen molar-refractivity contribution in [2.45, 2.75) is 50.0 Å². The quantitative estimate of drug-likeness (QED) is 0.843. The van der Waals surface area contributed by atoms with Crippen LogP contribution in [0.1, 0.15) is 39.0 Å². The first-order valence-corrected chi connectivity index (χ1v) is 8.46. The maximum Gasteiger partial charge on any atom is 0.240 e. The average molecular weight is 282 g/mol. The molecule has 2 N–H and O–H groups in total. The Kier molecular flexibility index (Phi) is 4.82. The third kappa shape index (κ3) is 3.94. The zero-order valence-electron chi connectivity index (χ0n) is 11.4. The highest BCUT2D eigenvalue weighted by Gasteiger charge is 2.15. The highest BCUT2D eigenvalue weighted by Crippen LogP contribution is 2.23. The molecule has 5 heteroatoms. The van der Waals surface area contributed by atoms with Crippen LogP contribution in [0.5, 0.6) is 0 Å². The van der Waals surface area contributed by atoms with Gasteiger partial charge in [0.05, 0.1) is 4.90 Å². The molecule has 1 aliphatic carbocycles. The first kappa shape index (κ1) is 14.3. The summed E-state index contributed by atoms with van der Waals surface area (Å²) >= 11 is 0. The summed E-state index contributed by atoms with van der Waals surface area (Å²) in [6, 6.07) is 7.56. The van der Waals surface area contributed by atoms with Gasteiger partial charge in [-0.3, -0.25) is 0 Å². The number of nitrogens with one attached hydrogen (secondary N) is 2.